The van der Waals surface area contributed by atoms with Crippen molar-refractivity contribution in [2.75, 3.05) is 13.7 Å². The third kappa shape index (κ3) is 3.78. The van der Waals surface area contributed by atoms with E-state index in [1.165, 1.54) is 0 Å². The van der Waals surface area contributed by atoms with E-state index in [-0.39, 0.29) is 17.0 Å². The van der Waals surface area contributed by atoms with Crippen LogP contribution in [0, 0.1) is 0 Å². The fourth-order valence-electron chi connectivity index (χ4n) is 2.74. The van der Waals surface area contributed by atoms with Crippen LogP contribution in [0.15, 0.2) is 23.0 Å². The summed E-state index contributed by atoms with van der Waals surface area (Å²) in [5, 5.41) is 3.60. The number of rotatable bonds is 5. The summed E-state index contributed by atoms with van der Waals surface area (Å²) in [6.07, 6.45) is 0. The first-order chi connectivity index (χ1) is 11.7. The molecule has 136 valence electrons. The highest BCUT2D eigenvalue weighted by Gasteiger charge is 2.22. The monoisotopic (exact) mass is 346 g/mol. The molecular formula is C19H26N2O4. The molecule has 0 spiro atoms. The van der Waals surface area contributed by atoms with Crippen LogP contribution in [0.5, 0.6) is 11.5 Å². The van der Waals surface area contributed by atoms with Gasteiger partial charge in [0.2, 0.25) is 0 Å². The van der Waals surface area contributed by atoms with Crippen LogP contribution in [0.4, 0.5) is 0 Å². The molecular weight excluding hydrogens is 320 g/mol. The van der Waals surface area contributed by atoms with Crippen molar-refractivity contribution in [3.05, 3.63) is 34.1 Å². The minimum atomic E-state index is -0.425. The summed E-state index contributed by atoms with van der Waals surface area (Å²) in [7, 11) is 1.56. The van der Waals surface area contributed by atoms with E-state index in [9.17, 15) is 9.59 Å². The van der Waals surface area contributed by atoms with E-state index in [4.69, 9.17) is 9.47 Å². The molecule has 0 aliphatic rings. The number of benzene rings is 1. The van der Waals surface area contributed by atoms with E-state index in [0.717, 1.165) is 5.39 Å². The zero-order chi connectivity index (χ0) is 18.8. The van der Waals surface area contributed by atoms with Crippen molar-refractivity contribution in [1.82, 2.24) is 9.88 Å². The molecule has 0 aliphatic heterocycles. The summed E-state index contributed by atoms with van der Waals surface area (Å²) in [4.78, 5) is 25.4. The number of amides is 1. The van der Waals surface area contributed by atoms with E-state index in [0.29, 0.717) is 30.2 Å². The Balaban J connectivity index is 2.77. The molecule has 1 N–H and O–H groups in total. The largest absolute Gasteiger partial charge is 0.493 e. The van der Waals surface area contributed by atoms with Gasteiger partial charge in [-0.1, -0.05) is 0 Å². The molecule has 0 bridgehead atoms. The second kappa shape index (κ2) is 7.17. The van der Waals surface area contributed by atoms with Gasteiger partial charge in [0.05, 0.1) is 19.2 Å². The van der Waals surface area contributed by atoms with Gasteiger partial charge in [0, 0.05) is 17.5 Å². The molecule has 6 heteroatoms. The number of hydrogen-bond donors (Lipinski definition) is 1. The smallest absolute Gasteiger partial charge is 0.263 e. The lowest BCUT2D eigenvalue weighted by Crippen LogP contribution is -2.43. The standard InChI is InChI=1S/C19H26N2O4/c1-7-21-15-12(9-10-14(24-6)16(15)25-8-2)11-13(18(21)23)17(22)20-19(3,4)5/h9-11H,7-8H2,1-6H3,(H,20,22). The molecule has 0 saturated heterocycles. The lowest BCUT2D eigenvalue weighted by molar-refractivity contribution is 0.0917. The summed E-state index contributed by atoms with van der Waals surface area (Å²) in [6, 6.07) is 5.23. The number of hydrogen-bond acceptors (Lipinski definition) is 4. The number of carbonyl (C=O) groups excluding carboxylic acids is 1. The molecule has 0 atom stereocenters. The van der Waals surface area contributed by atoms with E-state index in [1.54, 1.807) is 23.8 Å². The minimum absolute atomic E-state index is 0.122. The fourth-order valence-corrected chi connectivity index (χ4v) is 2.74. The molecule has 1 aromatic heterocycles. The molecule has 0 unspecified atom stereocenters. The molecule has 0 saturated carbocycles. The van der Waals surface area contributed by atoms with Crippen molar-refractivity contribution in [2.45, 2.75) is 46.7 Å². The predicted octanol–water partition coefficient (Wildman–Crippen LogP) is 2.96. The van der Waals surface area contributed by atoms with Gasteiger partial charge in [0.15, 0.2) is 11.5 Å². The maximum Gasteiger partial charge on any atom is 0.263 e. The van der Waals surface area contributed by atoms with Crippen LogP contribution in [0.25, 0.3) is 10.9 Å². The quantitative estimate of drug-likeness (QED) is 0.904. The normalized spacial score (nSPS) is 11.4. The number of fused-ring (bicyclic) bond motifs is 1. The van der Waals surface area contributed by atoms with Gasteiger partial charge in [-0.2, -0.15) is 0 Å². The Bertz CT molecular complexity index is 847. The number of pyridine rings is 1. The van der Waals surface area contributed by atoms with E-state index in [2.05, 4.69) is 5.32 Å². The molecule has 1 amide bonds. The average molecular weight is 346 g/mol. The Kier molecular flexibility index (Phi) is 5.40. The van der Waals surface area contributed by atoms with Crippen LogP contribution in [0.2, 0.25) is 0 Å². The van der Waals surface area contributed by atoms with Crippen LogP contribution in [0.3, 0.4) is 0 Å². The average Bonchev–Trinajstić information content (AvgIpc) is 2.53. The highest BCUT2D eigenvalue weighted by molar-refractivity contribution is 5.99. The minimum Gasteiger partial charge on any atom is -0.493 e. The van der Waals surface area contributed by atoms with Gasteiger partial charge in [-0.05, 0) is 52.8 Å². The first kappa shape index (κ1) is 18.8. The van der Waals surface area contributed by atoms with E-state index < -0.39 is 5.54 Å². The third-order valence-electron chi connectivity index (χ3n) is 3.73. The summed E-state index contributed by atoms with van der Waals surface area (Å²) in [5.41, 5.74) is -0.00445. The molecule has 0 fully saturated rings. The number of aromatic nitrogens is 1. The Morgan fingerprint density at radius 3 is 2.44 bits per heavy atom. The summed E-state index contributed by atoms with van der Waals surface area (Å²) in [5.74, 6) is 0.697. The van der Waals surface area contributed by atoms with Crippen molar-refractivity contribution < 1.29 is 14.3 Å². The Hall–Kier alpha value is -2.50. The first-order valence-electron chi connectivity index (χ1n) is 8.43. The van der Waals surface area contributed by atoms with E-state index in [1.807, 2.05) is 40.7 Å². The van der Waals surface area contributed by atoms with Crippen molar-refractivity contribution in [1.29, 1.82) is 0 Å². The predicted molar refractivity (Wildman–Crippen MR) is 98.8 cm³/mol. The molecule has 1 aromatic carbocycles. The number of carbonyl (C=O) groups is 1. The molecule has 1 heterocycles. The van der Waals surface area contributed by atoms with Crippen LogP contribution in [0.1, 0.15) is 45.0 Å². The maximum absolute atomic E-state index is 12.9. The van der Waals surface area contributed by atoms with Crippen LogP contribution in [-0.4, -0.2) is 29.7 Å². The highest BCUT2D eigenvalue weighted by atomic mass is 16.5. The second-order valence-corrected chi connectivity index (χ2v) is 6.78. The van der Waals surface area contributed by atoms with Gasteiger partial charge in [-0.3, -0.25) is 9.59 Å². The zero-order valence-electron chi connectivity index (χ0n) is 15.7. The summed E-state index contributed by atoms with van der Waals surface area (Å²) < 4.78 is 12.7. The molecule has 2 rings (SSSR count). The van der Waals surface area contributed by atoms with Gasteiger partial charge in [0.25, 0.3) is 11.5 Å². The summed E-state index contributed by atoms with van der Waals surface area (Å²) >= 11 is 0. The molecule has 0 aliphatic carbocycles. The number of methoxy groups -OCH3 is 1. The Morgan fingerprint density at radius 1 is 1.24 bits per heavy atom. The second-order valence-electron chi connectivity index (χ2n) is 6.78. The zero-order valence-corrected chi connectivity index (χ0v) is 15.7. The Labute approximate surface area is 147 Å². The van der Waals surface area contributed by atoms with Crippen molar-refractivity contribution in [2.24, 2.45) is 0 Å². The van der Waals surface area contributed by atoms with E-state index >= 15 is 0 Å². The lowest BCUT2D eigenvalue weighted by atomic mass is 10.1. The highest BCUT2D eigenvalue weighted by Crippen LogP contribution is 2.35. The van der Waals surface area contributed by atoms with Crippen molar-refractivity contribution in [3.63, 3.8) is 0 Å². The number of ether oxygens (including phenoxy) is 2. The van der Waals surface area contributed by atoms with Gasteiger partial charge in [0.1, 0.15) is 5.56 Å². The number of nitrogens with one attached hydrogen (secondary N) is 1. The third-order valence-corrected chi connectivity index (χ3v) is 3.73. The van der Waals surface area contributed by atoms with Crippen LogP contribution in [-0.2, 0) is 6.54 Å². The number of aryl methyl sites for hydroxylation is 1. The number of nitrogens with zero attached hydrogens (tertiary/aromatic N) is 1. The van der Waals surface area contributed by atoms with Gasteiger partial charge in [-0.25, -0.2) is 0 Å². The van der Waals surface area contributed by atoms with Gasteiger partial charge < -0.3 is 19.4 Å². The van der Waals surface area contributed by atoms with Gasteiger partial charge >= 0.3 is 0 Å². The van der Waals surface area contributed by atoms with Crippen LogP contribution >= 0.6 is 0 Å². The topological polar surface area (TPSA) is 69.6 Å². The van der Waals surface area contributed by atoms with Crippen molar-refractivity contribution >= 4 is 16.8 Å². The first-order valence-corrected chi connectivity index (χ1v) is 8.43. The molecule has 6 nitrogen and oxygen atoms in total. The maximum atomic E-state index is 12.9. The molecule has 0 radical (unpaired) electrons. The molecule has 25 heavy (non-hydrogen) atoms. The Morgan fingerprint density at radius 2 is 1.92 bits per heavy atom. The summed E-state index contributed by atoms with van der Waals surface area (Å²) in [6.45, 7) is 10.2. The van der Waals surface area contributed by atoms with Crippen molar-refractivity contribution in [3.8, 4) is 11.5 Å². The molecule has 2 aromatic rings. The van der Waals surface area contributed by atoms with Crippen LogP contribution < -0.4 is 20.3 Å². The lowest BCUT2D eigenvalue weighted by Gasteiger charge is -2.21. The fraction of sp³-hybridized carbons (Fsp3) is 0.474. The SMILES string of the molecule is CCOc1c(OC)ccc2cc(C(=O)NC(C)(C)C)c(=O)n(CC)c12. The van der Waals surface area contributed by atoms with Gasteiger partial charge in [-0.15, -0.1) is 0 Å².